The molecule has 0 aliphatic rings. The highest BCUT2D eigenvalue weighted by Gasteiger charge is 2.15. The van der Waals surface area contributed by atoms with Gasteiger partial charge in [0, 0.05) is 17.0 Å². The monoisotopic (exact) mass is 259 g/mol. The number of nitrogens with zero attached hydrogens (tertiary/aromatic N) is 1. The van der Waals surface area contributed by atoms with Gasteiger partial charge >= 0.3 is 0 Å². The molecule has 94 valence electrons. The first-order valence-corrected chi connectivity index (χ1v) is 6.49. The minimum atomic E-state index is 0.781. The van der Waals surface area contributed by atoms with Gasteiger partial charge in [0.2, 0.25) is 0 Å². The summed E-state index contributed by atoms with van der Waals surface area (Å²) in [6, 6.07) is 15.8. The van der Waals surface area contributed by atoms with Crippen molar-refractivity contribution < 1.29 is 8.83 Å². The Kier molecular flexibility index (Phi) is 1.70. The van der Waals surface area contributed by atoms with Crippen LogP contribution in [0.25, 0.3) is 44.0 Å². The molecule has 0 aliphatic carbocycles. The Labute approximate surface area is 113 Å². The SMILES string of the molecule is c1cnc2c(c1)oc1cccc3oc4cccc2c4c13. The van der Waals surface area contributed by atoms with Crippen molar-refractivity contribution in [1.82, 2.24) is 4.98 Å². The average Bonchev–Trinajstić information content (AvgIpc) is 2.79. The summed E-state index contributed by atoms with van der Waals surface area (Å²) in [6.45, 7) is 0. The number of aromatic nitrogens is 1. The smallest absolute Gasteiger partial charge is 0.153 e. The molecule has 5 rings (SSSR count). The molecule has 0 atom stereocenters. The van der Waals surface area contributed by atoms with Gasteiger partial charge in [-0.15, -0.1) is 0 Å². The normalized spacial score (nSPS) is 12.0. The first-order valence-electron chi connectivity index (χ1n) is 6.49. The fourth-order valence-corrected chi connectivity index (χ4v) is 2.91. The molecule has 0 fully saturated rings. The van der Waals surface area contributed by atoms with Crippen molar-refractivity contribution in [2.75, 3.05) is 0 Å². The molecule has 20 heavy (non-hydrogen) atoms. The second kappa shape index (κ2) is 3.39. The lowest BCUT2D eigenvalue weighted by atomic mass is 10.1. The van der Waals surface area contributed by atoms with Crippen LogP contribution in [0.15, 0.2) is 63.6 Å². The van der Waals surface area contributed by atoms with Gasteiger partial charge in [0.25, 0.3) is 0 Å². The standard InChI is InChI=1S/C17H9NO2/c1-4-10-15-11(5-1)19-12-6-2-7-13(16(12)15)20-14-8-3-9-18-17(10)14/h1-9H. The van der Waals surface area contributed by atoms with Crippen molar-refractivity contribution in [3.8, 4) is 0 Å². The van der Waals surface area contributed by atoms with Crippen molar-refractivity contribution >= 4 is 44.0 Å². The predicted molar refractivity (Wildman–Crippen MR) is 78.8 cm³/mol. The summed E-state index contributed by atoms with van der Waals surface area (Å²) in [5.41, 5.74) is 4.17. The van der Waals surface area contributed by atoms with Crippen molar-refractivity contribution in [3.63, 3.8) is 0 Å². The lowest BCUT2D eigenvalue weighted by molar-refractivity contribution is 0.655. The van der Waals surface area contributed by atoms with Crippen molar-refractivity contribution in [3.05, 3.63) is 54.7 Å². The summed E-state index contributed by atoms with van der Waals surface area (Å²) in [4.78, 5) is 4.49. The summed E-state index contributed by atoms with van der Waals surface area (Å²) >= 11 is 0. The van der Waals surface area contributed by atoms with E-state index >= 15 is 0 Å². The molecule has 0 unspecified atom stereocenters. The Hall–Kier alpha value is -2.81. The molecule has 0 bridgehead atoms. The highest BCUT2D eigenvalue weighted by atomic mass is 16.3. The third kappa shape index (κ3) is 1.12. The minimum absolute atomic E-state index is 0.781. The minimum Gasteiger partial charge on any atom is -0.456 e. The molecule has 5 aromatic rings. The molecular formula is C17H9NO2. The van der Waals surface area contributed by atoms with E-state index in [9.17, 15) is 0 Å². The van der Waals surface area contributed by atoms with Gasteiger partial charge in [-0.25, -0.2) is 0 Å². The van der Waals surface area contributed by atoms with Gasteiger partial charge in [0.15, 0.2) is 5.58 Å². The van der Waals surface area contributed by atoms with Gasteiger partial charge in [0.1, 0.15) is 22.3 Å². The summed E-state index contributed by atoms with van der Waals surface area (Å²) < 4.78 is 12.0. The molecular weight excluding hydrogens is 250 g/mol. The zero-order valence-electron chi connectivity index (χ0n) is 10.5. The molecule has 0 radical (unpaired) electrons. The van der Waals surface area contributed by atoms with Gasteiger partial charge in [-0.2, -0.15) is 0 Å². The fraction of sp³-hybridized carbons (Fsp3) is 0. The number of pyridine rings is 1. The quantitative estimate of drug-likeness (QED) is 0.398. The zero-order chi connectivity index (χ0) is 13.1. The molecule has 0 aliphatic heterocycles. The molecule has 0 saturated heterocycles. The van der Waals surface area contributed by atoms with Crippen molar-refractivity contribution in [2.24, 2.45) is 0 Å². The molecule has 3 heteroatoms. The summed E-state index contributed by atoms with van der Waals surface area (Å²) in [5, 5.41) is 3.16. The van der Waals surface area contributed by atoms with E-state index in [2.05, 4.69) is 11.1 Å². The van der Waals surface area contributed by atoms with Crippen LogP contribution in [0.5, 0.6) is 0 Å². The lowest BCUT2D eigenvalue weighted by Crippen LogP contribution is -1.75. The Balaban J connectivity index is 2.32. The number of hydrogen-bond acceptors (Lipinski definition) is 3. The zero-order valence-corrected chi connectivity index (χ0v) is 10.5. The van der Waals surface area contributed by atoms with E-state index in [0.29, 0.717) is 0 Å². The molecule has 0 saturated carbocycles. The van der Waals surface area contributed by atoms with Crippen molar-refractivity contribution in [2.45, 2.75) is 0 Å². The maximum absolute atomic E-state index is 6.06. The van der Waals surface area contributed by atoms with Gasteiger partial charge in [-0.3, -0.25) is 4.98 Å². The van der Waals surface area contributed by atoms with E-state index in [-0.39, 0.29) is 0 Å². The second-order valence-corrected chi connectivity index (χ2v) is 4.86. The topological polar surface area (TPSA) is 39.2 Å². The highest BCUT2D eigenvalue weighted by molar-refractivity contribution is 6.23. The van der Waals surface area contributed by atoms with Gasteiger partial charge < -0.3 is 8.83 Å². The van der Waals surface area contributed by atoms with Crippen LogP contribution in [0.4, 0.5) is 0 Å². The van der Waals surface area contributed by atoms with E-state index in [4.69, 9.17) is 8.83 Å². The average molecular weight is 259 g/mol. The summed E-state index contributed by atoms with van der Waals surface area (Å²) in [7, 11) is 0. The molecule has 3 aromatic heterocycles. The Bertz CT molecular complexity index is 1100. The number of rotatable bonds is 0. The Morgan fingerprint density at radius 3 is 2.15 bits per heavy atom. The second-order valence-electron chi connectivity index (χ2n) is 4.86. The van der Waals surface area contributed by atoms with Crippen LogP contribution in [0.1, 0.15) is 0 Å². The van der Waals surface area contributed by atoms with Crippen LogP contribution < -0.4 is 0 Å². The van der Waals surface area contributed by atoms with Crippen LogP contribution in [-0.2, 0) is 0 Å². The third-order valence-electron chi connectivity index (χ3n) is 3.73. The van der Waals surface area contributed by atoms with Gasteiger partial charge in [0.05, 0.1) is 5.39 Å². The number of fused-ring (bicyclic) bond motifs is 2. The van der Waals surface area contributed by atoms with Gasteiger partial charge in [-0.1, -0.05) is 18.2 Å². The predicted octanol–water partition coefficient (Wildman–Crippen LogP) is 4.88. The summed E-state index contributed by atoms with van der Waals surface area (Å²) in [6.07, 6.45) is 1.79. The lowest BCUT2D eigenvalue weighted by Gasteiger charge is -1.94. The number of benzene rings is 2. The number of hydrogen-bond donors (Lipinski definition) is 0. The molecule has 0 N–H and O–H groups in total. The molecule has 3 nitrogen and oxygen atoms in total. The largest absolute Gasteiger partial charge is 0.456 e. The first kappa shape index (κ1) is 10.0. The van der Waals surface area contributed by atoms with Crippen LogP contribution >= 0.6 is 0 Å². The van der Waals surface area contributed by atoms with Crippen LogP contribution in [0.2, 0.25) is 0 Å². The van der Waals surface area contributed by atoms with Crippen LogP contribution in [-0.4, -0.2) is 4.98 Å². The van der Waals surface area contributed by atoms with E-state index < -0.39 is 0 Å². The van der Waals surface area contributed by atoms with E-state index in [1.54, 1.807) is 6.20 Å². The van der Waals surface area contributed by atoms with Gasteiger partial charge in [-0.05, 0) is 30.3 Å². The van der Waals surface area contributed by atoms with Crippen molar-refractivity contribution in [1.29, 1.82) is 0 Å². The Morgan fingerprint density at radius 1 is 0.650 bits per heavy atom. The molecule has 0 amide bonds. The highest BCUT2D eigenvalue weighted by Crippen LogP contribution is 2.38. The Morgan fingerprint density at radius 2 is 1.30 bits per heavy atom. The maximum atomic E-state index is 6.06. The third-order valence-corrected chi connectivity index (χ3v) is 3.73. The van der Waals surface area contributed by atoms with Crippen LogP contribution in [0.3, 0.4) is 0 Å². The van der Waals surface area contributed by atoms with E-state index in [1.807, 2.05) is 42.5 Å². The molecule has 3 heterocycles. The molecule has 2 aromatic carbocycles. The van der Waals surface area contributed by atoms with E-state index in [1.165, 1.54) is 0 Å². The number of furan rings is 1. The fourth-order valence-electron chi connectivity index (χ4n) is 2.91. The first-order chi connectivity index (χ1) is 9.92. The molecule has 0 spiro atoms. The van der Waals surface area contributed by atoms with Crippen LogP contribution in [0, 0.1) is 0 Å². The maximum Gasteiger partial charge on any atom is 0.153 e. The van der Waals surface area contributed by atoms with E-state index in [0.717, 1.165) is 44.0 Å². The summed E-state index contributed by atoms with van der Waals surface area (Å²) in [5.74, 6) is 0.